The molecule has 0 spiro atoms. The summed E-state index contributed by atoms with van der Waals surface area (Å²) in [6, 6.07) is 12.3. The van der Waals surface area contributed by atoms with Gasteiger partial charge >= 0.3 is 0 Å². The number of benzene rings is 2. The van der Waals surface area contributed by atoms with Crippen molar-refractivity contribution in [1.29, 1.82) is 0 Å². The number of carbonyl (C=O) groups is 1. The number of hydrogen-bond acceptors (Lipinski definition) is 2. The smallest absolute Gasteiger partial charge is 0.267 e. The zero-order chi connectivity index (χ0) is 13.0. The minimum absolute atomic E-state index is 0.327. The first-order chi connectivity index (χ1) is 9.24. The Labute approximate surface area is 108 Å². The van der Waals surface area contributed by atoms with Crippen LogP contribution in [0.1, 0.15) is 5.56 Å². The third-order valence-electron chi connectivity index (χ3n) is 3.58. The number of nitrogens with two attached hydrogens (primary N) is 1. The molecule has 0 unspecified atom stereocenters. The van der Waals surface area contributed by atoms with Crippen molar-refractivity contribution in [3.05, 3.63) is 62.8 Å². The molecule has 0 atom stereocenters. The summed E-state index contributed by atoms with van der Waals surface area (Å²) in [7, 11) is 0. The van der Waals surface area contributed by atoms with Crippen molar-refractivity contribution in [2.24, 2.45) is 10.7 Å². The predicted molar refractivity (Wildman–Crippen MR) is 74.1 cm³/mol. The molecule has 1 amide bonds. The zero-order valence-corrected chi connectivity index (χ0v) is 10.1. The van der Waals surface area contributed by atoms with E-state index in [9.17, 15) is 4.79 Å². The molecule has 0 radical (unpaired) electrons. The summed E-state index contributed by atoms with van der Waals surface area (Å²) in [5.74, 6) is -0.486. The van der Waals surface area contributed by atoms with Crippen molar-refractivity contribution < 1.29 is 4.79 Å². The Morgan fingerprint density at radius 3 is 2.63 bits per heavy atom. The molecule has 2 aromatic carbocycles. The van der Waals surface area contributed by atoms with E-state index in [1.807, 2.05) is 18.2 Å². The molecule has 2 aromatic rings. The van der Waals surface area contributed by atoms with Crippen LogP contribution in [0.4, 0.5) is 5.69 Å². The largest absolute Gasteiger partial charge is 0.364 e. The number of amides is 1. The van der Waals surface area contributed by atoms with Gasteiger partial charge in [0.25, 0.3) is 5.91 Å². The molecule has 0 saturated carbocycles. The number of nitrogens with zero attached hydrogens (tertiary/aromatic N) is 1. The third kappa shape index (κ3) is 1.32. The van der Waals surface area contributed by atoms with Gasteiger partial charge in [0.1, 0.15) is 5.71 Å². The van der Waals surface area contributed by atoms with Crippen LogP contribution in [0.15, 0.2) is 41.4 Å². The Morgan fingerprint density at radius 2 is 1.79 bits per heavy atom. The monoisotopic (exact) mass is 246 g/mol. The van der Waals surface area contributed by atoms with Crippen LogP contribution in [0.5, 0.6) is 0 Å². The average Bonchev–Trinajstić information content (AvgIpc) is 2.99. The summed E-state index contributed by atoms with van der Waals surface area (Å²) in [5, 5.41) is 4.52. The van der Waals surface area contributed by atoms with Crippen LogP contribution in [0.3, 0.4) is 0 Å². The van der Waals surface area contributed by atoms with Gasteiger partial charge in [0, 0.05) is 10.8 Å². The van der Waals surface area contributed by atoms with Crippen LogP contribution in [-0.4, -0.2) is 11.6 Å². The van der Waals surface area contributed by atoms with E-state index in [0.29, 0.717) is 5.71 Å². The van der Waals surface area contributed by atoms with E-state index < -0.39 is 5.91 Å². The lowest BCUT2D eigenvalue weighted by atomic mass is 10.1. The molecule has 4 rings (SSSR count). The van der Waals surface area contributed by atoms with E-state index in [-0.39, 0.29) is 0 Å². The van der Waals surface area contributed by atoms with Crippen molar-refractivity contribution >= 4 is 29.5 Å². The Hall–Kier alpha value is -2.68. The van der Waals surface area contributed by atoms with E-state index in [1.54, 1.807) is 6.08 Å². The first kappa shape index (κ1) is 10.3. The quantitative estimate of drug-likeness (QED) is 0.666. The van der Waals surface area contributed by atoms with Gasteiger partial charge in [0.05, 0.1) is 5.69 Å². The summed E-state index contributed by atoms with van der Waals surface area (Å²) in [6.07, 6.45) is 3.86. The second kappa shape index (κ2) is 3.42. The maximum Gasteiger partial charge on any atom is 0.267 e. The SMILES string of the molecule is NC(=O)C1=Nc2c3c(ccc2=C1)=c1ccccc1=C3. The minimum atomic E-state index is -0.486. The fourth-order valence-corrected chi connectivity index (χ4v) is 2.70. The van der Waals surface area contributed by atoms with E-state index in [0.717, 1.165) is 21.7 Å². The molecule has 19 heavy (non-hydrogen) atoms. The molecular weight excluding hydrogens is 236 g/mol. The molecule has 1 aliphatic heterocycles. The van der Waals surface area contributed by atoms with E-state index in [4.69, 9.17) is 5.73 Å². The Balaban J connectivity index is 2.15. The minimum Gasteiger partial charge on any atom is -0.364 e. The summed E-state index contributed by atoms with van der Waals surface area (Å²) >= 11 is 0. The van der Waals surface area contributed by atoms with Crippen molar-refractivity contribution in [2.45, 2.75) is 0 Å². The Morgan fingerprint density at radius 1 is 0.947 bits per heavy atom. The highest BCUT2D eigenvalue weighted by Crippen LogP contribution is 2.22. The van der Waals surface area contributed by atoms with Crippen LogP contribution in [0.2, 0.25) is 0 Å². The number of hydrogen-bond donors (Lipinski definition) is 1. The van der Waals surface area contributed by atoms with Crippen LogP contribution in [-0.2, 0) is 4.79 Å². The molecule has 0 bridgehead atoms. The lowest BCUT2D eigenvalue weighted by molar-refractivity contribution is -0.111. The fraction of sp³-hybridized carbons (Fsp3) is 0. The fourth-order valence-electron chi connectivity index (χ4n) is 2.70. The second-order valence-electron chi connectivity index (χ2n) is 4.70. The molecule has 0 fully saturated rings. The summed E-state index contributed by atoms with van der Waals surface area (Å²) in [6.45, 7) is 0. The van der Waals surface area contributed by atoms with Gasteiger partial charge in [-0.05, 0) is 27.8 Å². The van der Waals surface area contributed by atoms with Crippen LogP contribution >= 0.6 is 0 Å². The predicted octanol–water partition coefficient (Wildman–Crippen LogP) is 0.468. The maximum absolute atomic E-state index is 11.2. The molecule has 1 aliphatic carbocycles. The van der Waals surface area contributed by atoms with Crippen molar-refractivity contribution in [2.75, 3.05) is 0 Å². The third-order valence-corrected chi connectivity index (χ3v) is 3.58. The molecule has 0 aromatic heterocycles. The highest BCUT2D eigenvalue weighted by molar-refractivity contribution is 6.51. The van der Waals surface area contributed by atoms with Crippen molar-refractivity contribution in [3.8, 4) is 0 Å². The van der Waals surface area contributed by atoms with Crippen LogP contribution in [0.25, 0.3) is 12.2 Å². The number of primary amides is 1. The lowest BCUT2D eigenvalue weighted by Gasteiger charge is -1.97. The molecular formula is C16H10N2O. The number of aliphatic imine (C=N–C) groups is 1. The highest BCUT2D eigenvalue weighted by atomic mass is 16.1. The van der Waals surface area contributed by atoms with E-state index in [2.05, 4.69) is 29.3 Å². The molecule has 1 heterocycles. The lowest BCUT2D eigenvalue weighted by Crippen LogP contribution is -2.20. The zero-order valence-electron chi connectivity index (χ0n) is 10.1. The van der Waals surface area contributed by atoms with Crippen LogP contribution in [0, 0.1) is 10.4 Å². The first-order valence-electron chi connectivity index (χ1n) is 6.08. The Bertz CT molecular complexity index is 984. The maximum atomic E-state index is 11.2. The van der Waals surface area contributed by atoms with Crippen molar-refractivity contribution in [3.63, 3.8) is 0 Å². The van der Waals surface area contributed by atoms with Crippen LogP contribution < -0.4 is 16.2 Å². The normalized spacial score (nSPS) is 13.8. The summed E-state index contributed by atoms with van der Waals surface area (Å²) < 4.78 is 0. The number of rotatable bonds is 1. The molecule has 3 nitrogen and oxygen atoms in total. The topological polar surface area (TPSA) is 55.5 Å². The molecule has 2 N–H and O–H groups in total. The van der Waals surface area contributed by atoms with Gasteiger partial charge in [-0.25, -0.2) is 4.99 Å². The first-order valence-corrected chi connectivity index (χ1v) is 6.08. The Kier molecular flexibility index (Phi) is 1.85. The molecule has 3 heteroatoms. The summed E-state index contributed by atoms with van der Waals surface area (Å²) in [4.78, 5) is 15.6. The van der Waals surface area contributed by atoms with Gasteiger partial charge in [-0.2, -0.15) is 0 Å². The molecule has 90 valence electrons. The van der Waals surface area contributed by atoms with Gasteiger partial charge in [-0.3, -0.25) is 4.79 Å². The van der Waals surface area contributed by atoms with Gasteiger partial charge in [0.15, 0.2) is 0 Å². The highest BCUT2D eigenvalue weighted by Gasteiger charge is 2.16. The number of fused-ring (bicyclic) bond motifs is 4. The van der Waals surface area contributed by atoms with E-state index in [1.165, 1.54) is 10.4 Å². The van der Waals surface area contributed by atoms with Gasteiger partial charge in [-0.15, -0.1) is 0 Å². The van der Waals surface area contributed by atoms with Gasteiger partial charge in [0.2, 0.25) is 0 Å². The van der Waals surface area contributed by atoms with Gasteiger partial charge < -0.3 is 5.73 Å². The van der Waals surface area contributed by atoms with E-state index >= 15 is 0 Å². The summed E-state index contributed by atoms with van der Waals surface area (Å²) in [5.41, 5.74) is 7.55. The molecule has 0 saturated heterocycles. The standard InChI is InChI=1S/C16H10N2O/c17-16(19)14-8-10-5-6-12-11-4-2-1-3-9(11)7-13(12)15(10)18-14/h1-8H,(H2,17,19). The number of carbonyl (C=O) groups excluding carboxylic acids is 1. The second-order valence-corrected chi connectivity index (χ2v) is 4.70. The van der Waals surface area contributed by atoms with Crippen molar-refractivity contribution in [1.82, 2.24) is 0 Å². The van der Waals surface area contributed by atoms with Gasteiger partial charge in [-0.1, -0.05) is 36.4 Å². The molecule has 2 aliphatic rings. The average molecular weight is 246 g/mol.